The monoisotopic (exact) mass is 421 g/mol. The Kier molecular flexibility index (Phi) is 4.61. The van der Waals surface area contributed by atoms with Gasteiger partial charge in [0, 0.05) is 0 Å². The first-order chi connectivity index (χ1) is 8.93. The Balaban J connectivity index is 0.00000133. The fourth-order valence-corrected chi connectivity index (χ4v) is 1.84. The molecule has 0 saturated carbocycles. The van der Waals surface area contributed by atoms with E-state index in [1.54, 1.807) is 0 Å². The molecule has 3 aromatic rings. The standard InChI is InChI=1S/C17H11N.Os/c1-3-8-14(9-4-1)16-12-7-13-17(18-16)15-10-5-2-6-11-15;/h1-8,10,12-13H;/q-2;+2. The summed E-state index contributed by atoms with van der Waals surface area (Å²) in [6.07, 6.45) is 0. The summed E-state index contributed by atoms with van der Waals surface area (Å²) in [6.45, 7) is 0. The molecule has 19 heavy (non-hydrogen) atoms. The third-order valence-electron chi connectivity index (χ3n) is 2.72. The van der Waals surface area contributed by atoms with Gasteiger partial charge in [-0.3, -0.25) is 0 Å². The van der Waals surface area contributed by atoms with Crippen LogP contribution in [0, 0.1) is 12.1 Å². The van der Waals surface area contributed by atoms with Crippen LogP contribution in [-0.2, 0) is 19.8 Å². The Hall–Kier alpha value is -1.77. The average Bonchev–Trinajstić information content (AvgIpc) is 2.49. The van der Waals surface area contributed by atoms with E-state index in [0.717, 1.165) is 22.5 Å². The van der Waals surface area contributed by atoms with Crippen molar-refractivity contribution in [1.82, 2.24) is 4.98 Å². The summed E-state index contributed by atoms with van der Waals surface area (Å²) in [5.74, 6) is 0. The van der Waals surface area contributed by atoms with E-state index in [9.17, 15) is 0 Å². The predicted molar refractivity (Wildman–Crippen MR) is 72.8 cm³/mol. The third-order valence-corrected chi connectivity index (χ3v) is 2.72. The smallest absolute Gasteiger partial charge is 0.345 e. The minimum absolute atomic E-state index is 0. The zero-order valence-electron chi connectivity index (χ0n) is 10.2. The van der Waals surface area contributed by atoms with Crippen molar-refractivity contribution in [3.8, 4) is 22.5 Å². The second-order valence-electron chi connectivity index (χ2n) is 3.96. The summed E-state index contributed by atoms with van der Waals surface area (Å²) in [5.41, 5.74) is 3.89. The maximum Gasteiger partial charge on any atom is 2.00 e. The van der Waals surface area contributed by atoms with Gasteiger partial charge in [0.25, 0.3) is 0 Å². The Morgan fingerprint density at radius 2 is 1.16 bits per heavy atom. The Morgan fingerprint density at radius 3 is 1.58 bits per heavy atom. The molecule has 0 aliphatic rings. The molecule has 0 unspecified atom stereocenters. The summed E-state index contributed by atoms with van der Waals surface area (Å²) in [7, 11) is 0. The summed E-state index contributed by atoms with van der Waals surface area (Å²) >= 11 is 0. The van der Waals surface area contributed by atoms with E-state index in [0.29, 0.717) is 0 Å². The number of hydrogen-bond donors (Lipinski definition) is 0. The SMILES string of the molecule is [Os+2].[c-]1ccccc1-c1cccc(-c2[c-]cccc2)n1. The molecule has 92 valence electrons. The fraction of sp³-hybridized carbons (Fsp3) is 0. The first-order valence-electron chi connectivity index (χ1n) is 5.85. The molecule has 1 aromatic heterocycles. The molecule has 0 aliphatic carbocycles. The van der Waals surface area contributed by atoms with Crippen LogP contribution in [0.4, 0.5) is 0 Å². The van der Waals surface area contributed by atoms with Gasteiger partial charge in [-0.2, -0.15) is 0 Å². The third kappa shape index (κ3) is 3.16. The van der Waals surface area contributed by atoms with Crippen LogP contribution in [0.25, 0.3) is 22.5 Å². The molecule has 3 rings (SSSR count). The van der Waals surface area contributed by atoms with E-state index in [-0.39, 0.29) is 19.8 Å². The summed E-state index contributed by atoms with van der Waals surface area (Å²) < 4.78 is 0. The molecule has 0 fully saturated rings. The summed E-state index contributed by atoms with van der Waals surface area (Å²) in [4.78, 5) is 4.65. The molecular weight excluding hydrogens is 408 g/mol. The van der Waals surface area contributed by atoms with Gasteiger partial charge in [-0.25, -0.2) is 0 Å². The second-order valence-corrected chi connectivity index (χ2v) is 3.96. The van der Waals surface area contributed by atoms with Crippen molar-refractivity contribution in [2.24, 2.45) is 0 Å². The Labute approximate surface area is 126 Å². The molecular formula is C17H11NOs. The molecule has 1 heterocycles. The maximum absolute atomic E-state index is 4.65. The minimum Gasteiger partial charge on any atom is -0.345 e. The van der Waals surface area contributed by atoms with Gasteiger partial charge in [-0.1, -0.05) is 18.2 Å². The quantitative estimate of drug-likeness (QED) is 0.572. The normalized spacial score (nSPS) is 9.68. The number of aromatic nitrogens is 1. The van der Waals surface area contributed by atoms with Crippen LogP contribution in [0.2, 0.25) is 0 Å². The van der Waals surface area contributed by atoms with E-state index in [1.165, 1.54) is 0 Å². The van der Waals surface area contributed by atoms with E-state index < -0.39 is 0 Å². The average molecular weight is 420 g/mol. The summed E-state index contributed by atoms with van der Waals surface area (Å²) in [5, 5.41) is 0. The van der Waals surface area contributed by atoms with Crippen molar-refractivity contribution in [3.05, 3.63) is 78.9 Å². The molecule has 0 radical (unpaired) electrons. The minimum atomic E-state index is 0. The van der Waals surface area contributed by atoms with Crippen LogP contribution in [-0.4, -0.2) is 4.98 Å². The van der Waals surface area contributed by atoms with E-state index >= 15 is 0 Å². The molecule has 0 N–H and O–H groups in total. The largest absolute Gasteiger partial charge is 2.00 e. The van der Waals surface area contributed by atoms with E-state index in [1.807, 2.05) is 66.7 Å². The first-order valence-corrected chi connectivity index (χ1v) is 5.85. The van der Waals surface area contributed by atoms with Crippen LogP contribution >= 0.6 is 0 Å². The van der Waals surface area contributed by atoms with Gasteiger partial charge in [-0.05, 0) is 11.4 Å². The van der Waals surface area contributed by atoms with Gasteiger partial charge in [0.15, 0.2) is 0 Å². The van der Waals surface area contributed by atoms with Crippen molar-refractivity contribution in [1.29, 1.82) is 0 Å². The van der Waals surface area contributed by atoms with Gasteiger partial charge in [-0.15, -0.1) is 71.8 Å². The Morgan fingerprint density at radius 1 is 0.632 bits per heavy atom. The van der Waals surface area contributed by atoms with Gasteiger partial charge >= 0.3 is 19.8 Å². The molecule has 1 nitrogen and oxygen atoms in total. The van der Waals surface area contributed by atoms with Crippen LogP contribution < -0.4 is 0 Å². The molecule has 0 saturated heterocycles. The predicted octanol–water partition coefficient (Wildman–Crippen LogP) is 4.01. The molecule has 0 atom stereocenters. The van der Waals surface area contributed by atoms with Crippen molar-refractivity contribution in [2.45, 2.75) is 0 Å². The van der Waals surface area contributed by atoms with E-state index in [4.69, 9.17) is 0 Å². The Bertz CT molecular complexity index is 581. The molecule has 0 bridgehead atoms. The molecule has 0 aliphatic heterocycles. The first kappa shape index (κ1) is 13.7. The molecule has 2 aromatic carbocycles. The molecule has 2 heteroatoms. The summed E-state index contributed by atoms with van der Waals surface area (Å²) in [6, 6.07) is 28.1. The number of hydrogen-bond acceptors (Lipinski definition) is 1. The zero-order valence-corrected chi connectivity index (χ0v) is 12.7. The topological polar surface area (TPSA) is 12.9 Å². The second kappa shape index (κ2) is 6.41. The molecule has 0 spiro atoms. The maximum atomic E-state index is 4.65. The van der Waals surface area contributed by atoms with Crippen molar-refractivity contribution in [2.75, 3.05) is 0 Å². The number of benzene rings is 2. The van der Waals surface area contributed by atoms with E-state index in [2.05, 4.69) is 17.1 Å². The zero-order chi connectivity index (χ0) is 12.2. The van der Waals surface area contributed by atoms with Gasteiger partial charge in [0.1, 0.15) is 0 Å². The van der Waals surface area contributed by atoms with Crippen LogP contribution in [0.3, 0.4) is 0 Å². The van der Waals surface area contributed by atoms with Gasteiger partial charge in [0.05, 0.1) is 0 Å². The number of rotatable bonds is 2. The van der Waals surface area contributed by atoms with Crippen LogP contribution in [0.1, 0.15) is 0 Å². The fourth-order valence-electron chi connectivity index (χ4n) is 1.84. The number of nitrogens with zero attached hydrogens (tertiary/aromatic N) is 1. The van der Waals surface area contributed by atoms with Crippen molar-refractivity contribution in [3.63, 3.8) is 0 Å². The van der Waals surface area contributed by atoms with Gasteiger partial charge < -0.3 is 4.98 Å². The molecule has 0 amide bonds. The van der Waals surface area contributed by atoms with Gasteiger partial charge in [0.2, 0.25) is 0 Å². The van der Waals surface area contributed by atoms with Crippen LogP contribution in [0.5, 0.6) is 0 Å². The van der Waals surface area contributed by atoms with Crippen molar-refractivity contribution >= 4 is 0 Å². The van der Waals surface area contributed by atoms with Crippen LogP contribution in [0.15, 0.2) is 66.7 Å². The number of pyridine rings is 1. The van der Waals surface area contributed by atoms with Crippen molar-refractivity contribution < 1.29 is 19.8 Å².